The van der Waals surface area contributed by atoms with Gasteiger partial charge in [-0.3, -0.25) is 14.5 Å². The first-order valence-electron chi connectivity index (χ1n) is 6.41. The zero-order valence-corrected chi connectivity index (χ0v) is 11.4. The highest BCUT2D eigenvalue weighted by Gasteiger charge is 2.37. The van der Waals surface area contributed by atoms with E-state index in [1.165, 1.54) is 7.11 Å². The topological polar surface area (TPSA) is 64.4 Å². The van der Waals surface area contributed by atoms with Crippen LogP contribution < -0.4 is 4.90 Å². The number of methoxy groups -OCH3 is 1. The molecule has 0 aliphatic carbocycles. The van der Waals surface area contributed by atoms with E-state index >= 15 is 0 Å². The van der Waals surface area contributed by atoms with E-state index in [0.717, 1.165) is 11.0 Å². The van der Waals surface area contributed by atoms with Crippen LogP contribution in [0.4, 0.5) is 5.95 Å². The van der Waals surface area contributed by atoms with Crippen molar-refractivity contribution in [2.45, 2.75) is 6.42 Å². The van der Waals surface area contributed by atoms with Gasteiger partial charge in [0.2, 0.25) is 11.9 Å². The Hall–Kier alpha value is -2.37. The SMILES string of the molecule is COC(=O)C1CC(=O)N(c2nc3ccccc3n2C)C1. The molecule has 0 bridgehead atoms. The summed E-state index contributed by atoms with van der Waals surface area (Å²) in [5.74, 6) is -0.284. The Kier molecular flexibility index (Phi) is 2.93. The quantitative estimate of drug-likeness (QED) is 0.769. The van der Waals surface area contributed by atoms with Gasteiger partial charge < -0.3 is 9.30 Å². The van der Waals surface area contributed by atoms with Crippen LogP contribution in [0.15, 0.2) is 24.3 Å². The molecule has 2 heterocycles. The molecule has 104 valence electrons. The number of para-hydroxylation sites is 2. The van der Waals surface area contributed by atoms with Crippen molar-refractivity contribution in [2.24, 2.45) is 13.0 Å². The summed E-state index contributed by atoms with van der Waals surface area (Å²) in [6.45, 7) is 0.322. The fourth-order valence-electron chi connectivity index (χ4n) is 2.60. The van der Waals surface area contributed by atoms with Crippen LogP contribution in [-0.4, -0.2) is 35.1 Å². The zero-order chi connectivity index (χ0) is 14.3. The summed E-state index contributed by atoms with van der Waals surface area (Å²) in [4.78, 5) is 29.7. The van der Waals surface area contributed by atoms with Crippen LogP contribution in [0.25, 0.3) is 11.0 Å². The number of amides is 1. The number of rotatable bonds is 2. The molecule has 1 aliphatic heterocycles. The van der Waals surface area contributed by atoms with E-state index in [4.69, 9.17) is 4.74 Å². The number of nitrogens with zero attached hydrogens (tertiary/aromatic N) is 3. The molecule has 0 spiro atoms. The second-order valence-electron chi connectivity index (χ2n) is 4.89. The number of hydrogen-bond donors (Lipinski definition) is 0. The normalized spacial score (nSPS) is 18.8. The Bertz CT molecular complexity index is 692. The summed E-state index contributed by atoms with van der Waals surface area (Å²) in [6.07, 6.45) is 0.176. The van der Waals surface area contributed by atoms with E-state index in [1.54, 1.807) is 4.90 Å². The number of benzene rings is 1. The molecule has 0 radical (unpaired) electrons. The number of esters is 1. The third-order valence-electron chi connectivity index (χ3n) is 3.66. The van der Waals surface area contributed by atoms with Crippen molar-refractivity contribution < 1.29 is 14.3 Å². The number of imidazole rings is 1. The van der Waals surface area contributed by atoms with E-state index in [2.05, 4.69) is 4.98 Å². The molecule has 6 nitrogen and oxygen atoms in total. The molecule has 1 aromatic carbocycles. The lowest BCUT2D eigenvalue weighted by molar-refractivity contribution is -0.145. The van der Waals surface area contributed by atoms with E-state index in [0.29, 0.717) is 12.5 Å². The average molecular weight is 273 g/mol. The van der Waals surface area contributed by atoms with E-state index in [9.17, 15) is 9.59 Å². The molecule has 1 fully saturated rings. The summed E-state index contributed by atoms with van der Waals surface area (Å²) in [5.41, 5.74) is 1.79. The summed E-state index contributed by atoms with van der Waals surface area (Å²) in [5, 5.41) is 0. The molecule has 1 unspecified atom stereocenters. The van der Waals surface area contributed by atoms with Crippen molar-refractivity contribution in [3.8, 4) is 0 Å². The lowest BCUT2D eigenvalue weighted by Gasteiger charge is -2.15. The summed E-state index contributed by atoms with van der Waals surface area (Å²) in [6, 6.07) is 7.68. The average Bonchev–Trinajstić information content (AvgIpc) is 2.99. The lowest BCUT2D eigenvalue weighted by atomic mass is 10.1. The maximum absolute atomic E-state index is 12.1. The van der Waals surface area contributed by atoms with Gasteiger partial charge in [-0.15, -0.1) is 0 Å². The van der Waals surface area contributed by atoms with Crippen LogP contribution in [0.1, 0.15) is 6.42 Å². The van der Waals surface area contributed by atoms with Gasteiger partial charge in [0.05, 0.1) is 24.1 Å². The van der Waals surface area contributed by atoms with Gasteiger partial charge in [-0.1, -0.05) is 12.1 Å². The number of aromatic nitrogens is 2. The molecular weight excluding hydrogens is 258 g/mol. The van der Waals surface area contributed by atoms with Crippen LogP contribution >= 0.6 is 0 Å². The Morgan fingerprint density at radius 3 is 2.85 bits per heavy atom. The summed E-state index contributed by atoms with van der Waals surface area (Å²) < 4.78 is 6.58. The number of carbonyl (C=O) groups is 2. The number of fused-ring (bicyclic) bond motifs is 1. The minimum atomic E-state index is -0.410. The van der Waals surface area contributed by atoms with E-state index < -0.39 is 5.92 Å². The predicted molar refractivity (Wildman–Crippen MR) is 73.2 cm³/mol. The third-order valence-corrected chi connectivity index (χ3v) is 3.66. The van der Waals surface area contributed by atoms with Crippen LogP contribution in [0.5, 0.6) is 0 Å². The minimum absolute atomic E-state index is 0.0983. The molecule has 20 heavy (non-hydrogen) atoms. The molecule has 1 aliphatic rings. The van der Waals surface area contributed by atoms with Crippen molar-refractivity contribution in [3.63, 3.8) is 0 Å². The van der Waals surface area contributed by atoms with Crippen molar-refractivity contribution in [1.29, 1.82) is 0 Å². The smallest absolute Gasteiger partial charge is 0.311 e. The van der Waals surface area contributed by atoms with Gasteiger partial charge in [-0.25, -0.2) is 4.98 Å². The van der Waals surface area contributed by atoms with Gasteiger partial charge in [0.15, 0.2) is 0 Å². The van der Waals surface area contributed by atoms with Crippen LogP contribution in [0.3, 0.4) is 0 Å². The Morgan fingerprint density at radius 1 is 1.40 bits per heavy atom. The second-order valence-corrected chi connectivity index (χ2v) is 4.89. The molecule has 6 heteroatoms. The van der Waals surface area contributed by atoms with E-state index in [-0.39, 0.29) is 18.3 Å². The van der Waals surface area contributed by atoms with Gasteiger partial charge in [0.1, 0.15) is 0 Å². The largest absolute Gasteiger partial charge is 0.469 e. The monoisotopic (exact) mass is 273 g/mol. The molecule has 1 aromatic heterocycles. The molecular formula is C14H15N3O3. The first kappa shape index (κ1) is 12.7. The number of hydrogen-bond acceptors (Lipinski definition) is 4. The zero-order valence-electron chi connectivity index (χ0n) is 11.4. The van der Waals surface area contributed by atoms with Crippen molar-refractivity contribution in [3.05, 3.63) is 24.3 Å². The highest BCUT2D eigenvalue weighted by Crippen LogP contribution is 2.27. The number of carbonyl (C=O) groups excluding carboxylic acids is 2. The Balaban J connectivity index is 1.97. The maximum atomic E-state index is 12.1. The van der Waals surface area contributed by atoms with Crippen LogP contribution in [0, 0.1) is 5.92 Å². The highest BCUT2D eigenvalue weighted by atomic mass is 16.5. The Labute approximate surface area is 115 Å². The first-order chi connectivity index (χ1) is 9.61. The Morgan fingerprint density at radius 2 is 2.15 bits per heavy atom. The van der Waals surface area contributed by atoms with Crippen LogP contribution in [0.2, 0.25) is 0 Å². The number of anilines is 1. The van der Waals surface area contributed by atoms with Crippen LogP contribution in [-0.2, 0) is 21.4 Å². The predicted octanol–water partition coefficient (Wildman–Crippen LogP) is 1.10. The molecule has 0 N–H and O–H groups in total. The van der Waals surface area contributed by atoms with Gasteiger partial charge in [0.25, 0.3) is 0 Å². The molecule has 1 amide bonds. The number of ether oxygens (including phenoxy) is 1. The summed E-state index contributed by atoms with van der Waals surface area (Å²) in [7, 11) is 3.20. The molecule has 3 rings (SSSR count). The highest BCUT2D eigenvalue weighted by molar-refractivity contribution is 5.99. The number of aryl methyl sites for hydroxylation is 1. The fourth-order valence-corrected chi connectivity index (χ4v) is 2.60. The molecule has 1 saturated heterocycles. The second kappa shape index (κ2) is 4.63. The van der Waals surface area contributed by atoms with Gasteiger partial charge in [-0.05, 0) is 12.1 Å². The molecule has 2 aromatic rings. The molecule has 0 saturated carbocycles. The minimum Gasteiger partial charge on any atom is -0.469 e. The van der Waals surface area contributed by atoms with Crippen molar-refractivity contribution in [2.75, 3.05) is 18.6 Å². The standard InChI is InChI=1S/C14H15N3O3/c1-16-11-6-4-3-5-10(11)15-14(16)17-8-9(7-12(17)18)13(19)20-2/h3-6,9H,7-8H2,1-2H3. The van der Waals surface area contributed by atoms with Gasteiger partial charge in [-0.2, -0.15) is 0 Å². The van der Waals surface area contributed by atoms with E-state index in [1.807, 2.05) is 35.9 Å². The fraction of sp³-hybridized carbons (Fsp3) is 0.357. The van der Waals surface area contributed by atoms with Gasteiger partial charge >= 0.3 is 5.97 Å². The summed E-state index contributed by atoms with van der Waals surface area (Å²) >= 11 is 0. The first-order valence-corrected chi connectivity index (χ1v) is 6.41. The van der Waals surface area contributed by atoms with Gasteiger partial charge in [0, 0.05) is 20.0 Å². The third kappa shape index (κ3) is 1.84. The maximum Gasteiger partial charge on any atom is 0.311 e. The van der Waals surface area contributed by atoms with Crippen molar-refractivity contribution in [1.82, 2.24) is 9.55 Å². The van der Waals surface area contributed by atoms with Crippen molar-refractivity contribution >= 4 is 28.9 Å². The lowest BCUT2D eigenvalue weighted by Crippen LogP contribution is -2.28. The molecule has 1 atom stereocenters.